The molecule has 1 aromatic heterocycles. The van der Waals surface area contributed by atoms with Gasteiger partial charge in [0.05, 0.1) is 30.8 Å². The average molecular weight is 497 g/mol. The lowest BCUT2D eigenvalue weighted by Crippen LogP contribution is -2.35. The number of aryl methyl sites for hydroxylation is 1. The molecule has 35 heavy (non-hydrogen) atoms. The molecule has 0 saturated heterocycles. The first-order valence-electron chi connectivity index (χ1n) is 11.2. The number of benzene rings is 2. The molecule has 0 aliphatic carbocycles. The number of methoxy groups -OCH3 is 2. The summed E-state index contributed by atoms with van der Waals surface area (Å²) in [5.41, 5.74) is 22.4. The van der Waals surface area contributed by atoms with Crippen molar-refractivity contribution >= 4 is 29.1 Å². The molecule has 0 unspecified atom stereocenters. The fourth-order valence-electron chi connectivity index (χ4n) is 3.67. The lowest BCUT2D eigenvalue weighted by molar-refractivity contribution is -0.117. The number of guanidine groups is 1. The van der Waals surface area contributed by atoms with Gasteiger partial charge >= 0.3 is 0 Å². The van der Waals surface area contributed by atoms with Gasteiger partial charge in [0.15, 0.2) is 5.96 Å². The third-order valence-electron chi connectivity index (χ3n) is 5.74. The van der Waals surface area contributed by atoms with Crippen LogP contribution >= 0.6 is 11.5 Å². The molecule has 1 heterocycles. The first-order chi connectivity index (χ1) is 16.7. The Morgan fingerprint density at radius 1 is 1.11 bits per heavy atom. The maximum Gasteiger partial charge on any atom is 0.241 e. The number of nitrogens with zero attached hydrogens (tertiary/aromatic N) is 2. The summed E-state index contributed by atoms with van der Waals surface area (Å²) in [7, 11) is 3.22. The summed E-state index contributed by atoms with van der Waals surface area (Å²) >= 11 is 1.41. The summed E-state index contributed by atoms with van der Waals surface area (Å²) in [6.45, 7) is 4.51. The van der Waals surface area contributed by atoms with Crippen LogP contribution in [0.4, 0.5) is 5.69 Å². The van der Waals surface area contributed by atoms with Gasteiger partial charge < -0.3 is 32.0 Å². The highest BCUT2D eigenvalue weighted by Crippen LogP contribution is 2.40. The second-order valence-corrected chi connectivity index (χ2v) is 8.95. The Kier molecular flexibility index (Phi) is 8.67. The SMILES string of the molecule is COc1ccc(-c2cnsc2-c2cc(C)c(C)c(OC)c2)cc1NC(=O)[C@@H](N)CCCN=C(N)N. The predicted octanol–water partition coefficient (Wildman–Crippen LogP) is 3.43. The zero-order valence-corrected chi connectivity index (χ0v) is 21.2. The van der Waals surface area contributed by atoms with Crippen LogP contribution in [0.3, 0.4) is 0 Å². The molecule has 7 N–H and O–H groups in total. The summed E-state index contributed by atoms with van der Waals surface area (Å²) in [6.07, 6.45) is 2.86. The van der Waals surface area contributed by atoms with Gasteiger partial charge in [0.1, 0.15) is 11.5 Å². The minimum Gasteiger partial charge on any atom is -0.496 e. The quantitative estimate of drug-likeness (QED) is 0.191. The number of nitrogens with one attached hydrogen (secondary N) is 1. The van der Waals surface area contributed by atoms with E-state index < -0.39 is 6.04 Å². The smallest absolute Gasteiger partial charge is 0.241 e. The molecule has 0 bridgehead atoms. The number of anilines is 1. The maximum atomic E-state index is 12.7. The Hall–Kier alpha value is -3.63. The summed E-state index contributed by atoms with van der Waals surface area (Å²) in [4.78, 5) is 17.7. The van der Waals surface area contributed by atoms with Gasteiger partial charge in [-0.3, -0.25) is 9.79 Å². The highest BCUT2D eigenvalue weighted by Gasteiger charge is 2.18. The second kappa shape index (κ2) is 11.7. The molecule has 10 heteroatoms. The van der Waals surface area contributed by atoms with E-state index >= 15 is 0 Å². The van der Waals surface area contributed by atoms with Crippen molar-refractivity contribution in [1.29, 1.82) is 0 Å². The van der Waals surface area contributed by atoms with E-state index in [1.807, 2.05) is 37.4 Å². The van der Waals surface area contributed by atoms with Crippen LogP contribution in [-0.4, -0.2) is 43.0 Å². The Labute approximate surface area is 209 Å². The van der Waals surface area contributed by atoms with Crippen LogP contribution in [0.15, 0.2) is 41.5 Å². The van der Waals surface area contributed by atoms with Crippen LogP contribution in [0.5, 0.6) is 11.5 Å². The van der Waals surface area contributed by atoms with Crippen LogP contribution in [0.1, 0.15) is 24.0 Å². The summed E-state index contributed by atoms with van der Waals surface area (Å²) in [6, 6.07) is 9.06. The van der Waals surface area contributed by atoms with Crippen LogP contribution in [0, 0.1) is 13.8 Å². The third kappa shape index (κ3) is 6.28. The van der Waals surface area contributed by atoms with E-state index in [0.717, 1.165) is 38.4 Å². The number of carbonyl (C=O) groups excluding carboxylic acids is 1. The van der Waals surface area contributed by atoms with Gasteiger partial charge in [0.25, 0.3) is 0 Å². The lowest BCUT2D eigenvalue weighted by Gasteiger charge is -2.16. The number of nitrogens with two attached hydrogens (primary N) is 3. The van der Waals surface area contributed by atoms with Gasteiger partial charge in [-0.25, -0.2) is 0 Å². The number of aromatic nitrogens is 1. The van der Waals surface area contributed by atoms with Crippen molar-refractivity contribution in [3.8, 4) is 33.1 Å². The van der Waals surface area contributed by atoms with E-state index in [0.29, 0.717) is 30.8 Å². The molecule has 9 nitrogen and oxygen atoms in total. The fourth-order valence-corrected chi connectivity index (χ4v) is 4.43. The fraction of sp³-hybridized carbons (Fsp3) is 0.320. The molecule has 0 aliphatic rings. The number of hydrogen-bond acceptors (Lipinski definition) is 7. The van der Waals surface area contributed by atoms with Gasteiger partial charge in [-0.15, -0.1) is 0 Å². The van der Waals surface area contributed by atoms with Crippen molar-refractivity contribution in [2.24, 2.45) is 22.2 Å². The number of amides is 1. The standard InChI is InChI=1S/C25H32N6O3S/c1-14-10-17(12-22(34-4)15(14)2)23-18(13-30-35-23)16-7-8-21(33-3)20(11-16)31-24(32)19(26)6-5-9-29-25(27)28/h7-8,10-13,19H,5-6,9,26H2,1-4H3,(H,31,32)(H4,27,28,29)/t19-/m0/s1. The van der Waals surface area contributed by atoms with E-state index in [1.54, 1.807) is 14.2 Å². The highest BCUT2D eigenvalue weighted by molar-refractivity contribution is 7.10. The van der Waals surface area contributed by atoms with E-state index in [1.165, 1.54) is 11.5 Å². The molecule has 186 valence electrons. The number of aliphatic imine (C=N–C) groups is 1. The Bertz CT molecular complexity index is 1220. The zero-order chi connectivity index (χ0) is 25.5. The molecular weight excluding hydrogens is 464 g/mol. The van der Waals surface area contributed by atoms with E-state index in [-0.39, 0.29) is 11.9 Å². The van der Waals surface area contributed by atoms with E-state index in [9.17, 15) is 4.79 Å². The Morgan fingerprint density at radius 2 is 1.86 bits per heavy atom. The normalized spacial score (nSPS) is 11.6. The van der Waals surface area contributed by atoms with Crippen LogP contribution < -0.4 is 32.0 Å². The molecule has 0 radical (unpaired) electrons. The summed E-state index contributed by atoms with van der Waals surface area (Å²) in [5.74, 6) is 1.07. The van der Waals surface area contributed by atoms with Gasteiger partial charge in [-0.1, -0.05) is 12.1 Å². The third-order valence-corrected chi connectivity index (χ3v) is 6.59. The Balaban J connectivity index is 1.87. The average Bonchev–Trinajstić information content (AvgIpc) is 3.33. The predicted molar refractivity (Wildman–Crippen MR) is 142 cm³/mol. The van der Waals surface area contributed by atoms with Crippen LogP contribution in [0.2, 0.25) is 0 Å². The largest absolute Gasteiger partial charge is 0.496 e. The van der Waals surface area contributed by atoms with Gasteiger partial charge in [-0.05, 0) is 78.7 Å². The summed E-state index contributed by atoms with van der Waals surface area (Å²) < 4.78 is 15.5. The van der Waals surface area contributed by atoms with Crippen molar-refractivity contribution < 1.29 is 14.3 Å². The van der Waals surface area contributed by atoms with Crippen LogP contribution in [0.25, 0.3) is 21.6 Å². The number of hydrogen-bond donors (Lipinski definition) is 4. The first-order valence-corrected chi connectivity index (χ1v) is 11.9. The zero-order valence-electron chi connectivity index (χ0n) is 20.4. The Morgan fingerprint density at radius 3 is 2.54 bits per heavy atom. The van der Waals surface area contributed by atoms with Crippen molar-refractivity contribution in [2.75, 3.05) is 26.1 Å². The van der Waals surface area contributed by atoms with Gasteiger partial charge in [0, 0.05) is 18.3 Å². The molecule has 0 saturated carbocycles. The van der Waals surface area contributed by atoms with Crippen molar-refractivity contribution in [2.45, 2.75) is 32.7 Å². The van der Waals surface area contributed by atoms with E-state index in [2.05, 4.69) is 27.7 Å². The molecule has 0 fully saturated rings. The number of carbonyl (C=O) groups is 1. The molecule has 1 atom stereocenters. The minimum absolute atomic E-state index is 0.0195. The molecule has 0 spiro atoms. The van der Waals surface area contributed by atoms with E-state index in [4.69, 9.17) is 26.7 Å². The monoisotopic (exact) mass is 496 g/mol. The minimum atomic E-state index is -0.709. The maximum absolute atomic E-state index is 12.7. The molecular formula is C25H32N6O3S. The second-order valence-electron chi connectivity index (χ2n) is 8.15. The van der Waals surface area contributed by atoms with Gasteiger partial charge in [0.2, 0.25) is 5.91 Å². The summed E-state index contributed by atoms with van der Waals surface area (Å²) in [5, 5.41) is 2.90. The van der Waals surface area contributed by atoms with Crippen molar-refractivity contribution in [3.05, 3.63) is 47.7 Å². The number of ether oxygens (including phenoxy) is 2. The highest BCUT2D eigenvalue weighted by atomic mass is 32.1. The molecule has 0 aliphatic heterocycles. The lowest BCUT2D eigenvalue weighted by atomic mass is 9.99. The molecule has 3 rings (SSSR count). The number of rotatable bonds is 10. The molecule has 2 aromatic carbocycles. The topological polar surface area (TPSA) is 151 Å². The van der Waals surface area contributed by atoms with Crippen LogP contribution in [-0.2, 0) is 4.79 Å². The van der Waals surface area contributed by atoms with Gasteiger partial charge in [-0.2, -0.15) is 4.37 Å². The molecule has 3 aromatic rings. The van der Waals surface area contributed by atoms with Crippen molar-refractivity contribution in [1.82, 2.24) is 4.37 Å². The van der Waals surface area contributed by atoms with Crippen molar-refractivity contribution in [3.63, 3.8) is 0 Å². The first kappa shape index (κ1) is 26.0. The molecule has 1 amide bonds.